The van der Waals surface area contributed by atoms with Crippen molar-refractivity contribution in [2.75, 3.05) is 0 Å². The van der Waals surface area contributed by atoms with Gasteiger partial charge in [-0.05, 0) is 44.9 Å². The van der Waals surface area contributed by atoms with E-state index in [9.17, 15) is 4.79 Å². The summed E-state index contributed by atoms with van der Waals surface area (Å²) in [6.45, 7) is 7.55. The molecule has 1 aromatic carbocycles. The van der Waals surface area contributed by atoms with Gasteiger partial charge in [-0.25, -0.2) is 0 Å². The van der Waals surface area contributed by atoms with Crippen molar-refractivity contribution in [3.63, 3.8) is 0 Å². The Bertz CT molecular complexity index is 491. The number of amides is 1. The van der Waals surface area contributed by atoms with Crippen LogP contribution in [0.4, 0.5) is 0 Å². The minimum atomic E-state index is -0.582. The van der Waals surface area contributed by atoms with Crippen LogP contribution < -0.4 is 10.1 Å². The second-order valence-corrected chi connectivity index (χ2v) is 4.67. The van der Waals surface area contributed by atoms with Crippen LogP contribution >= 0.6 is 0 Å². The Balaban J connectivity index is 2.74. The van der Waals surface area contributed by atoms with Gasteiger partial charge in [-0.1, -0.05) is 13.0 Å². The van der Waals surface area contributed by atoms with Gasteiger partial charge in [0.15, 0.2) is 6.10 Å². The van der Waals surface area contributed by atoms with Crippen molar-refractivity contribution in [2.24, 2.45) is 0 Å². The molecule has 0 aromatic heterocycles. The molecule has 0 spiro atoms. The van der Waals surface area contributed by atoms with Crippen LogP contribution in [0.15, 0.2) is 18.2 Å². The number of benzene rings is 1. The molecule has 0 fully saturated rings. The summed E-state index contributed by atoms with van der Waals surface area (Å²) in [7, 11) is 0. The summed E-state index contributed by atoms with van der Waals surface area (Å²) >= 11 is 0. The van der Waals surface area contributed by atoms with Gasteiger partial charge in [-0.2, -0.15) is 5.26 Å². The molecular weight excluding hydrogens is 240 g/mol. The Morgan fingerprint density at radius 1 is 1.47 bits per heavy atom. The second-order valence-electron chi connectivity index (χ2n) is 4.67. The van der Waals surface area contributed by atoms with E-state index in [1.807, 2.05) is 26.8 Å². The monoisotopic (exact) mass is 260 g/mol. The molecule has 19 heavy (non-hydrogen) atoms. The van der Waals surface area contributed by atoms with Gasteiger partial charge >= 0.3 is 0 Å². The van der Waals surface area contributed by atoms with E-state index in [2.05, 4.69) is 11.4 Å². The summed E-state index contributed by atoms with van der Waals surface area (Å²) in [4.78, 5) is 11.9. The Hall–Kier alpha value is -2.02. The number of rotatable bonds is 5. The first kappa shape index (κ1) is 15.0. The average Bonchev–Trinajstić information content (AvgIpc) is 2.40. The zero-order valence-electron chi connectivity index (χ0n) is 11.9. The quantitative estimate of drug-likeness (QED) is 0.885. The maximum atomic E-state index is 11.9. The van der Waals surface area contributed by atoms with Gasteiger partial charge in [0.2, 0.25) is 0 Å². The first-order valence-corrected chi connectivity index (χ1v) is 6.45. The topological polar surface area (TPSA) is 62.1 Å². The lowest BCUT2D eigenvalue weighted by Gasteiger charge is -2.18. The Morgan fingerprint density at radius 2 is 2.16 bits per heavy atom. The minimum Gasteiger partial charge on any atom is -0.481 e. The maximum absolute atomic E-state index is 11.9. The van der Waals surface area contributed by atoms with Crippen LogP contribution in [0, 0.1) is 18.3 Å². The highest BCUT2D eigenvalue weighted by atomic mass is 16.5. The van der Waals surface area contributed by atoms with Gasteiger partial charge in [0.1, 0.15) is 5.75 Å². The largest absolute Gasteiger partial charge is 0.481 e. The van der Waals surface area contributed by atoms with E-state index in [1.165, 1.54) is 0 Å². The van der Waals surface area contributed by atoms with E-state index in [4.69, 9.17) is 10.00 Å². The van der Waals surface area contributed by atoms with E-state index >= 15 is 0 Å². The number of hydrogen-bond donors (Lipinski definition) is 1. The number of ether oxygens (including phenoxy) is 1. The molecule has 0 heterocycles. The van der Waals surface area contributed by atoms with Gasteiger partial charge in [0.25, 0.3) is 5.91 Å². The zero-order valence-corrected chi connectivity index (χ0v) is 11.9. The summed E-state index contributed by atoms with van der Waals surface area (Å²) < 4.78 is 5.63. The van der Waals surface area contributed by atoms with E-state index < -0.39 is 6.10 Å². The first-order chi connectivity index (χ1) is 8.97. The van der Waals surface area contributed by atoms with Gasteiger partial charge in [0, 0.05) is 6.04 Å². The molecule has 1 rings (SSSR count). The third kappa shape index (κ3) is 4.29. The van der Waals surface area contributed by atoms with Crippen molar-refractivity contribution in [3.8, 4) is 11.8 Å². The van der Waals surface area contributed by atoms with Crippen LogP contribution in [-0.2, 0) is 4.79 Å². The van der Waals surface area contributed by atoms with Gasteiger partial charge in [-0.3, -0.25) is 4.79 Å². The predicted molar refractivity (Wildman–Crippen MR) is 73.9 cm³/mol. The third-order valence-electron chi connectivity index (χ3n) is 2.99. The van der Waals surface area contributed by atoms with Crippen molar-refractivity contribution >= 4 is 5.91 Å². The second kappa shape index (κ2) is 6.79. The summed E-state index contributed by atoms with van der Waals surface area (Å²) in [5.41, 5.74) is 1.43. The number of carbonyl (C=O) groups is 1. The maximum Gasteiger partial charge on any atom is 0.260 e. The van der Waals surface area contributed by atoms with Gasteiger partial charge in [0.05, 0.1) is 11.6 Å². The third-order valence-corrected chi connectivity index (χ3v) is 2.99. The van der Waals surface area contributed by atoms with Crippen LogP contribution in [0.25, 0.3) is 0 Å². The van der Waals surface area contributed by atoms with Crippen molar-refractivity contribution in [1.29, 1.82) is 5.26 Å². The fourth-order valence-electron chi connectivity index (χ4n) is 1.50. The molecule has 0 aliphatic rings. The lowest BCUT2D eigenvalue weighted by atomic mass is 10.1. The highest BCUT2D eigenvalue weighted by Crippen LogP contribution is 2.20. The molecule has 1 aromatic rings. The standard InChI is InChI=1S/C15H20N2O2/c1-5-11(3)17-15(18)12(4)19-14-8-13(9-16)7-6-10(14)2/h6-8,11-12H,5H2,1-4H3,(H,17,18). The fourth-order valence-corrected chi connectivity index (χ4v) is 1.50. The lowest BCUT2D eigenvalue weighted by molar-refractivity contribution is -0.127. The van der Waals surface area contributed by atoms with Crippen LogP contribution in [0.5, 0.6) is 5.75 Å². The number of hydrogen-bond acceptors (Lipinski definition) is 3. The normalized spacial score (nSPS) is 13.2. The van der Waals surface area contributed by atoms with Crippen molar-refractivity contribution in [3.05, 3.63) is 29.3 Å². The molecule has 2 atom stereocenters. The molecule has 0 radical (unpaired) electrons. The minimum absolute atomic E-state index is 0.130. The molecule has 1 N–H and O–H groups in total. The summed E-state index contributed by atoms with van der Waals surface area (Å²) in [6.07, 6.45) is 0.295. The molecular formula is C15H20N2O2. The molecule has 4 heteroatoms. The number of carbonyl (C=O) groups excluding carboxylic acids is 1. The van der Waals surface area contributed by atoms with Crippen LogP contribution in [0.1, 0.15) is 38.3 Å². The van der Waals surface area contributed by atoms with Crippen LogP contribution in [0.3, 0.4) is 0 Å². The smallest absolute Gasteiger partial charge is 0.260 e. The number of nitrogens with one attached hydrogen (secondary N) is 1. The molecule has 0 aliphatic carbocycles. The van der Waals surface area contributed by atoms with E-state index in [0.29, 0.717) is 11.3 Å². The summed E-state index contributed by atoms with van der Waals surface area (Å²) in [6, 6.07) is 7.38. The molecule has 0 aliphatic heterocycles. The predicted octanol–water partition coefficient (Wildman–Crippen LogP) is 2.55. The zero-order chi connectivity index (χ0) is 14.4. The van der Waals surface area contributed by atoms with Crippen LogP contribution in [-0.4, -0.2) is 18.1 Å². The SMILES string of the molecule is CCC(C)NC(=O)C(C)Oc1cc(C#N)ccc1C. The fraction of sp³-hybridized carbons (Fsp3) is 0.467. The number of nitriles is 1. The lowest BCUT2D eigenvalue weighted by Crippen LogP contribution is -2.41. The molecule has 102 valence electrons. The molecule has 0 saturated heterocycles. The highest BCUT2D eigenvalue weighted by molar-refractivity contribution is 5.81. The van der Waals surface area contributed by atoms with Gasteiger partial charge in [-0.15, -0.1) is 0 Å². The van der Waals surface area contributed by atoms with Crippen molar-refractivity contribution in [1.82, 2.24) is 5.32 Å². The number of nitrogens with zero attached hydrogens (tertiary/aromatic N) is 1. The van der Waals surface area contributed by atoms with E-state index in [-0.39, 0.29) is 11.9 Å². The Morgan fingerprint density at radius 3 is 2.74 bits per heavy atom. The molecule has 4 nitrogen and oxygen atoms in total. The Kier molecular flexibility index (Phi) is 5.37. The molecule has 0 bridgehead atoms. The van der Waals surface area contributed by atoms with Crippen molar-refractivity contribution < 1.29 is 9.53 Å². The van der Waals surface area contributed by atoms with Crippen LogP contribution in [0.2, 0.25) is 0 Å². The molecule has 0 saturated carbocycles. The number of aryl methyl sites for hydroxylation is 1. The summed E-state index contributed by atoms with van der Waals surface area (Å²) in [5, 5.41) is 11.7. The van der Waals surface area contributed by atoms with E-state index in [1.54, 1.807) is 19.1 Å². The average molecular weight is 260 g/mol. The Labute approximate surface area is 114 Å². The van der Waals surface area contributed by atoms with E-state index in [0.717, 1.165) is 12.0 Å². The highest BCUT2D eigenvalue weighted by Gasteiger charge is 2.17. The van der Waals surface area contributed by atoms with Gasteiger partial charge < -0.3 is 10.1 Å². The molecule has 2 unspecified atom stereocenters. The molecule has 1 amide bonds. The van der Waals surface area contributed by atoms with Crippen molar-refractivity contribution in [2.45, 2.75) is 46.3 Å². The first-order valence-electron chi connectivity index (χ1n) is 6.45. The summed E-state index contributed by atoms with van der Waals surface area (Å²) in [5.74, 6) is 0.432.